The van der Waals surface area contributed by atoms with Crippen molar-refractivity contribution in [2.45, 2.75) is 92.4 Å². The number of ether oxygens (including phenoxy) is 1. The zero-order valence-electron chi connectivity index (χ0n) is 19.3. The van der Waals surface area contributed by atoms with E-state index in [2.05, 4.69) is 13.0 Å². The molecule has 0 fully saturated rings. The number of carbonyl (C=O) groups is 1. The van der Waals surface area contributed by atoms with E-state index >= 15 is 0 Å². The van der Waals surface area contributed by atoms with Crippen LogP contribution in [0.25, 0.3) is 0 Å². The monoisotopic (exact) mass is 399 g/mol. The molecule has 0 N–H and O–H groups in total. The lowest BCUT2D eigenvalue weighted by atomic mass is 9.78. The maximum atomic E-state index is 12.9. The van der Waals surface area contributed by atoms with Crippen LogP contribution in [0.3, 0.4) is 0 Å². The number of nitrogens with zero attached hydrogens (tertiary/aromatic N) is 1. The van der Waals surface area contributed by atoms with Gasteiger partial charge >= 0.3 is 5.97 Å². The maximum Gasteiger partial charge on any atom is 0.321 e. The number of aliphatic imine (C=N–C) groups is 1. The number of hydrogen-bond donors (Lipinski definition) is 0. The smallest absolute Gasteiger partial charge is 0.321 e. The van der Waals surface area contributed by atoms with Gasteiger partial charge in [0.05, 0.1) is 12.3 Å². The summed E-state index contributed by atoms with van der Waals surface area (Å²) in [6.07, 6.45) is 13.7. The molecule has 29 heavy (non-hydrogen) atoms. The summed E-state index contributed by atoms with van der Waals surface area (Å²) in [5.41, 5.74) is 1.82. The van der Waals surface area contributed by atoms with Crippen molar-refractivity contribution in [3.63, 3.8) is 0 Å². The summed E-state index contributed by atoms with van der Waals surface area (Å²) in [6.45, 7) is 10.4. The molecule has 162 valence electrons. The van der Waals surface area contributed by atoms with Crippen LogP contribution in [0.15, 0.2) is 47.0 Å². The van der Waals surface area contributed by atoms with Crippen LogP contribution >= 0.6 is 0 Å². The van der Waals surface area contributed by atoms with Gasteiger partial charge in [0.25, 0.3) is 0 Å². The molecule has 0 aromatic heterocycles. The first-order valence-electron chi connectivity index (χ1n) is 11.4. The highest BCUT2D eigenvalue weighted by atomic mass is 16.5. The quantitative estimate of drug-likeness (QED) is 0.138. The molecule has 0 heterocycles. The number of benzene rings is 1. The van der Waals surface area contributed by atoms with Crippen molar-refractivity contribution in [3.05, 3.63) is 42.0 Å². The summed E-state index contributed by atoms with van der Waals surface area (Å²) in [6, 6.07) is 9.79. The van der Waals surface area contributed by atoms with Crippen LogP contribution in [0.4, 0.5) is 5.69 Å². The molecule has 0 saturated heterocycles. The number of unbranched alkanes of at least 4 members (excludes halogenated alkanes) is 8. The molecule has 1 atom stereocenters. The lowest BCUT2D eigenvalue weighted by Crippen LogP contribution is -2.38. The Morgan fingerprint density at radius 3 is 2.14 bits per heavy atom. The Labute approximate surface area is 178 Å². The maximum absolute atomic E-state index is 12.9. The standard InChI is InChI=1S/C26H41NO2/c1-6-8-9-10-11-12-13-14-16-19-22(3)26(5,25(28)29-7-2)23(4)27-24-20-17-15-18-21-24/h15,17-21H,6-14,16H2,1-5H3/b22-19+,27-23?. The molecule has 1 rings (SSSR count). The molecule has 3 nitrogen and oxygen atoms in total. The van der Waals surface area contributed by atoms with Crippen LogP contribution in [0.1, 0.15) is 92.4 Å². The summed E-state index contributed by atoms with van der Waals surface area (Å²) in [5.74, 6) is -0.221. The van der Waals surface area contributed by atoms with E-state index in [1.165, 1.54) is 51.4 Å². The summed E-state index contributed by atoms with van der Waals surface area (Å²) in [4.78, 5) is 17.6. The highest BCUT2D eigenvalue weighted by Gasteiger charge is 2.39. The minimum absolute atomic E-state index is 0.221. The Morgan fingerprint density at radius 1 is 0.966 bits per heavy atom. The lowest BCUT2D eigenvalue weighted by molar-refractivity contribution is -0.148. The molecule has 1 unspecified atom stereocenters. The fourth-order valence-corrected chi connectivity index (χ4v) is 3.48. The van der Waals surface area contributed by atoms with Crippen LogP contribution in [0.5, 0.6) is 0 Å². The van der Waals surface area contributed by atoms with Gasteiger partial charge in [0, 0.05) is 5.71 Å². The first-order valence-corrected chi connectivity index (χ1v) is 11.4. The topological polar surface area (TPSA) is 38.7 Å². The minimum atomic E-state index is -0.827. The normalized spacial score (nSPS) is 14.5. The van der Waals surface area contributed by atoms with Gasteiger partial charge in [-0.2, -0.15) is 0 Å². The summed E-state index contributed by atoms with van der Waals surface area (Å²) >= 11 is 0. The minimum Gasteiger partial charge on any atom is -0.465 e. The van der Waals surface area contributed by atoms with E-state index in [4.69, 9.17) is 9.73 Å². The van der Waals surface area contributed by atoms with Gasteiger partial charge in [0.1, 0.15) is 5.41 Å². The molecule has 0 radical (unpaired) electrons. The third-order valence-corrected chi connectivity index (χ3v) is 5.76. The van der Waals surface area contributed by atoms with Crippen molar-refractivity contribution in [3.8, 4) is 0 Å². The van der Waals surface area contributed by atoms with Gasteiger partial charge in [0.15, 0.2) is 0 Å². The number of rotatable bonds is 14. The number of esters is 1. The number of hydrogen-bond acceptors (Lipinski definition) is 3. The molecular weight excluding hydrogens is 358 g/mol. The first kappa shape index (κ1) is 25.1. The third kappa shape index (κ3) is 8.55. The van der Waals surface area contributed by atoms with Gasteiger partial charge in [-0.25, -0.2) is 0 Å². The van der Waals surface area contributed by atoms with Gasteiger partial charge in [-0.05, 0) is 52.7 Å². The predicted molar refractivity (Wildman–Crippen MR) is 125 cm³/mol. The molecule has 1 aromatic carbocycles. The third-order valence-electron chi connectivity index (χ3n) is 5.76. The van der Waals surface area contributed by atoms with E-state index in [1.807, 2.05) is 58.0 Å². The van der Waals surface area contributed by atoms with E-state index in [1.54, 1.807) is 0 Å². The predicted octanol–water partition coefficient (Wildman–Crippen LogP) is 7.83. The van der Waals surface area contributed by atoms with Crippen molar-refractivity contribution in [1.29, 1.82) is 0 Å². The van der Waals surface area contributed by atoms with Crippen LogP contribution in [0.2, 0.25) is 0 Å². The molecular formula is C26H41NO2. The van der Waals surface area contributed by atoms with Crippen molar-refractivity contribution < 1.29 is 9.53 Å². The second kappa shape index (κ2) is 14.1. The molecule has 0 spiro atoms. The molecule has 0 aliphatic carbocycles. The van der Waals surface area contributed by atoms with E-state index in [-0.39, 0.29) is 5.97 Å². The highest BCUT2D eigenvalue weighted by molar-refractivity contribution is 6.09. The van der Waals surface area contributed by atoms with Crippen molar-refractivity contribution in [2.75, 3.05) is 6.61 Å². The zero-order valence-corrected chi connectivity index (χ0v) is 19.3. The molecule has 1 aromatic rings. The molecule has 0 amide bonds. The van der Waals surface area contributed by atoms with Gasteiger partial charge in [0.2, 0.25) is 0 Å². The molecule has 0 bridgehead atoms. The average molecular weight is 400 g/mol. The highest BCUT2D eigenvalue weighted by Crippen LogP contribution is 2.33. The Hall–Kier alpha value is -1.90. The van der Waals surface area contributed by atoms with Crippen LogP contribution in [0, 0.1) is 5.41 Å². The van der Waals surface area contributed by atoms with Crippen LogP contribution < -0.4 is 0 Å². The molecule has 3 heteroatoms. The lowest BCUT2D eigenvalue weighted by Gasteiger charge is -2.28. The summed E-state index contributed by atoms with van der Waals surface area (Å²) < 4.78 is 5.42. The van der Waals surface area contributed by atoms with Crippen molar-refractivity contribution >= 4 is 17.4 Å². The largest absolute Gasteiger partial charge is 0.465 e. The van der Waals surface area contributed by atoms with Gasteiger partial charge in [-0.15, -0.1) is 0 Å². The fourth-order valence-electron chi connectivity index (χ4n) is 3.48. The Balaban J connectivity index is 2.74. The SMILES string of the molecule is CCCCCCCCCC/C=C(\C)C(C)(C(=O)OCC)C(C)=Nc1ccccc1. The second-order valence-electron chi connectivity index (χ2n) is 8.03. The number of allylic oxidation sites excluding steroid dienone is 1. The van der Waals surface area contributed by atoms with Gasteiger partial charge in [-0.1, -0.05) is 81.7 Å². The second-order valence-corrected chi connectivity index (χ2v) is 8.03. The summed E-state index contributed by atoms with van der Waals surface area (Å²) in [5, 5.41) is 0. The van der Waals surface area contributed by atoms with E-state index in [0.717, 1.165) is 23.4 Å². The molecule has 0 saturated carbocycles. The zero-order chi connectivity index (χ0) is 21.5. The summed E-state index contributed by atoms with van der Waals surface area (Å²) in [7, 11) is 0. The van der Waals surface area contributed by atoms with E-state index < -0.39 is 5.41 Å². The van der Waals surface area contributed by atoms with E-state index in [9.17, 15) is 4.79 Å². The first-order chi connectivity index (χ1) is 14.0. The van der Waals surface area contributed by atoms with Crippen molar-refractivity contribution in [1.82, 2.24) is 0 Å². The number of carbonyl (C=O) groups excluding carboxylic acids is 1. The average Bonchev–Trinajstić information content (AvgIpc) is 2.72. The molecule has 0 aliphatic heterocycles. The van der Waals surface area contributed by atoms with E-state index in [0.29, 0.717) is 6.61 Å². The molecule has 0 aliphatic rings. The van der Waals surface area contributed by atoms with Crippen LogP contribution in [-0.4, -0.2) is 18.3 Å². The van der Waals surface area contributed by atoms with Gasteiger partial charge in [-0.3, -0.25) is 9.79 Å². The van der Waals surface area contributed by atoms with Crippen LogP contribution in [-0.2, 0) is 9.53 Å². The Kier molecular flexibility index (Phi) is 12.3. The fraction of sp³-hybridized carbons (Fsp3) is 0.615. The Morgan fingerprint density at radius 2 is 1.55 bits per heavy atom. The van der Waals surface area contributed by atoms with Crippen molar-refractivity contribution in [2.24, 2.45) is 10.4 Å². The number of para-hydroxylation sites is 1. The van der Waals surface area contributed by atoms with Gasteiger partial charge < -0.3 is 4.74 Å². The Bertz CT molecular complexity index is 648.